The number of halogens is 1. The van der Waals surface area contributed by atoms with Crippen LogP contribution in [0.25, 0.3) is 0 Å². The van der Waals surface area contributed by atoms with Crippen LogP contribution in [0, 0.1) is 10.1 Å². The summed E-state index contributed by atoms with van der Waals surface area (Å²) in [6.45, 7) is 1.61. The van der Waals surface area contributed by atoms with Crippen LogP contribution in [-0.4, -0.2) is 28.6 Å². The zero-order valence-electron chi connectivity index (χ0n) is 9.72. The Labute approximate surface area is 109 Å². The second-order valence-corrected chi connectivity index (χ2v) is 4.19. The molecule has 7 heteroatoms. The molecule has 0 saturated carbocycles. The SMILES string of the molecule is CC(CCO)NC(=O)c1c(Cl)cccc1[N+](=O)[O-]. The Kier molecular flexibility index (Phi) is 5.06. The quantitative estimate of drug-likeness (QED) is 0.631. The normalized spacial score (nSPS) is 11.9. The fraction of sp³-hybridized carbons (Fsp3) is 0.364. The highest BCUT2D eigenvalue weighted by molar-refractivity contribution is 6.34. The topological polar surface area (TPSA) is 92.5 Å². The summed E-state index contributed by atoms with van der Waals surface area (Å²) >= 11 is 5.81. The summed E-state index contributed by atoms with van der Waals surface area (Å²) in [7, 11) is 0. The third kappa shape index (κ3) is 3.41. The highest BCUT2D eigenvalue weighted by Crippen LogP contribution is 2.26. The monoisotopic (exact) mass is 272 g/mol. The van der Waals surface area contributed by atoms with Gasteiger partial charge in [-0.2, -0.15) is 0 Å². The highest BCUT2D eigenvalue weighted by Gasteiger charge is 2.23. The summed E-state index contributed by atoms with van der Waals surface area (Å²) in [6, 6.07) is 3.75. The van der Waals surface area contributed by atoms with E-state index < -0.39 is 10.8 Å². The van der Waals surface area contributed by atoms with Gasteiger partial charge in [-0.25, -0.2) is 0 Å². The molecular weight excluding hydrogens is 260 g/mol. The molecule has 1 unspecified atom stereocenters. The molecule has 0 aliphatic carbocycles. The minimum absolute atomic E-state index is 0.0258. The van der Waals surface area contributed by atoms with Crippen molar-refractivity contribution in [1.29, 1.82) is 0 Å². The van der Waals surface area contributed by atoms with Crippen molar-refractivity contribution >= 4 is 23.2 Å². The summed E-state index contributed by atoms with van der Waals surface area (Å²) in [5.41, 5.74) is -0.495. The summed E-state index contributed by atoms with van der Waals surface area (Å²) in [6.07, 6.45) is 0.365. The summed E-state index contributed by atoms with van der Waals surface area (Å²) in [5, 5.41) is 22.1. The van der Waals surface area contributed by atoms with Crippen molar-refractivity contribution in [2.45, 2.75) is 19.4 Å². The molecule has 1 aromatic rings. The standard InChI is InChI=1S/C11H13ClN2O4/c1-7(5-6-15)13-11(16)10-8(12)3-2-4-9(10)14(17)18/h2-4,7,15H,5-6H2,1H3,(H,13,16). The Hall–Kier alpha value is -1.66. The van der Waals surface area contributed by atoms with Crippen LogP contribution < -0.4 is 5.32 Å². The van der Waals surface area contributed by atoms with E-state index in [1.807, 2.05) is 0 Å². The van der Waals surface area contributed by atoms with Gasteiger partial charge < -0.3 is 10.4 Å². The first-order valence-electron chi connectivity index (χ1n) is 5.32. The number of hydrogen-bond acceptors (Lipinski definition) is 4. The number of carbonyl (C=O) groups is 1. The van der Waals surface area contributed by atoms with E-state index in [4.69, 9.17) is 16.7 Å². The first kappa shape index (κ1) is 14.4. The van der Waals surface area contributed by atoms with E-state index >= 15 is 0 Å². The molecule has 18 heavy (non-hydrogen) atoms. The number of hydrogen-bond donors (Lipinski definition) is 2. The molecule has 0 saturated heterocycles. The van der Waals surface area contributed by atoms with Gasteiger partial charge in [0.1, 0.15) is 5.56 Å². The lowest BCUT2D eigenvalue weighted by atomic mass is 10.1. The number of nitrogens with one attached hydrogen (secondary N) is 1. The van der Waals surface area contributed by atoms with Gasteiger partial charge in [0.15, 0.2) is 0 Å². The molecule has 6 nitrogen and oxygen atoms in total. The lowest BCUT2D eigenvalue weighted by Gasteiger charge is -2.13. The van der Waals surface area contributed by atoms with E-state index in [2.05, 4.69) is 5.32 Å². The molecule has 1 amide bonds. The second kappa shape index (κ2) is 6.32. The molecule has 0 fully saturated rings. The van der Waals surface area contributed by atoms with Crippen molar-refractivity contribution in [1.82, 2.24) is 5.32 Å². The summed E-state index contributed by atoms with van der Waals surface area (Å²) in [4.78, 5) is 22.1. The zero-order chi connectivity index (χ0) is 13.7. The van der Waals surface area contributed by atoms with E-state index in [0.717, 1.165) is 0 Å². The maximum Gasteiger partial charge on any atom is 0.283 e. The Morgan fingerprint density at radius 1 is 1.61 bits per heavy atom. The molecule has 0 aliphatic heterocycles. The first-order valence-corrected chi connectivity index (χ1v) is 5.69. The number of benzene rings is 1. The number of aliphatic hydroxyl groups excluding tert-OH is 1. The fourth-order valence-corrected chi connectivity index (χ4v) is 1.71. The number of carbonyl (C=O) groups excluding carboxylic acids is 1. The Morgan fingerprint density at radius 3 is 2.83 bits per heavy atom. The molecule has 0 aliphatic rings. The summed E-state index contributed by atoms with van der Waals surface area (Å²) in [5.74, 6) is -0.617. The van der Waals surface area contributed by atoms with Crippen LogP contribution in [0.1, 0.15) is 23.7 Å². The average Bonchev–Trinajstić information content (AvgIpc) is 2.28. The van der Waals surface area contributed by atoms with Gasteiger partial charge in [-0.3, -0.25) is 14.9 Å². The highest BCUT2D eigenvalue weighted by atomic mass is 35.5. The number of nitrogens with zero attached hydrogens (tertiary/aromatic N) is 1. The molecule has 1 atom stereocenters. The first-order chi connectivity index (χ1) is 8.47. The molecule has 1 aromatic carbocycles. The minimum Gasteiger partial charge on any atom is -0.396 e. The lowest BCUT2D eigenvalue weighted by Crippen LogP contribution is -2.33. The predicted molar refractivity (Wildman–Crippen MR) is 66.7 cm³/mol. The van der Waals surface area contributed by atoms with Gasteiger partial charge in [0, 0.05) is 18.7 Å². The van der Waals surface area contributed by atoms with Crippen LogP contribution in [0.2, 0.25) is 5.02 Å². The van der Waals surface area contributed by atoms with Crippen LogP contribution >= 0.6 is 11.6 Å². The molecule has 2 N–H and O–H groups in total. The Morgan fingerprint density at radius 2 is 2.28 bits per heavy atom. The number of amides is 1. The van der Waals surface area contributed by atoms with E-state index in [-0.39, 0.29) is 28.9 Å². The lowest BCUT2D eigenvalue weighted by molar-refractivity contribution is -0.385. The predicted octanol–water partition coefficient (Wildman–Crippen LogP) is 1.75. The average molecular weight is 273 g/mol. The zero-order valence-corrected chi connectivity index (χ0v) is 10.5. The van der Waals surface area contributed by atoms with Crippen molar-refractivity contribution in [3.05, 3.63) is 38.9 Å². The number of nitro groups is 1. The minimum atomic E-state index is -0.655. The molecule has 0 spiro atoms. The van der Waals surface area contributed by atoms with Crippen molar-refractivity contribution in [2.24, 2.45) is 0 Å². The van der Waals surface area contributed by atoms with E-state index in [9.17, 15) is 14.9 Å². The largest absolute Gasteiger partial charge is 0.396 e. The molecule has 0 heterocycles. The van der Waals surface area contributed by atoms with Gasteiger partial charge >= 0.3 is 0 Å². The van der Waals surface area contributed by atoms with Crippen LogP contribution in [0.4, 0.5) is 5.69 Å². The van der Waals surface area contributed by atoms with Gasteiger partial charge in [0.05, 0.1) is 9.95 Å². The van der Waals surface area contributed by atoms with Gasteiger partial charge in [-0.1, -0.05) is 17.7 Å². The molecule has 98 valence electrons. The number of aliphatic hydroxyl groups is 1. The Bertz CT molecular complexity index is 464. The fourth-order valence-electron chi connectivity index (χ4n) is 1.45. The maximum absolute atomic E-state index is 11.9. The van der Waals surface area contributed by atoms with Crippen LogP contribution in [-0.2, 0) is 0 Å². The van der Waals surface area contributed by atoms with E-state index in [1.54, 1.807) is 6.92 Å². The van der Waals surface area contributed by atoms with Gasteiger partial charge in [0.2, 0.25) is 0 Å². The van der Waals surface area contributed by atoms with Crippen molar-refractivity contribution in [2.75, 3.05) is 6.61 Å². The van der Waals surface area contributed by atoms with Crippen LogP contribution in [0.15, 0.2) is 18.2 Å². The van der Waals surface area contributed by atoms with E-state index in [0.29, 0.717) is 6.42 Å². The third-order valence-electron chi connectivity index (χ3n) is 2.35. The second-order valence-electron chi connectivity index (χ2n) is 3.78. The summed E-state index contributed by atoms with van der Waals surface area (Å²) < 4.78 is 0. The number of rotatable bonds is 5. The van der Waals surface area contributed by atoms with E-state index in [1.165, 1.54) is 18.2 Å². The van der Waals surface area contributed by atoms with Gasteiger partial charge in [-0.15, -0.1) is 0 Å². The van der Waals surface area contributed by atoms with Crippen molar-refractivity contribution < 1.29 is 14.8 Å². The molecular formula is C11H13ClN2O4. The van der Waals surface area contributed by atoms with Gasteiger partial charge in [0.25, 0.3) is 11.6 Å². The third-order valence-corrected chi connectivity index (χ3v) is 2.67. The van der Waals surface area contributed by atoms with Crippen molar-refractivity contribution in [3.8, 4) is 0 Å². The molecule has 0 radical (unpaired) electrons. The van der Waals surface area contributed by atoms with Crippen molar-refractivity contribution in [3.63, 3.8) is 0 Å². The molecule has 0 aromatic heterocycles. The molecule has 0 bridgehead atoms. The number of nitro benzene ring substituents is 1. The Balaban J connectivity index is 3.01. The van der Waals surface area contributed by atoms with Crippen LogP contribution in [0.5, 0.6) is 0 Å². The smallest absolute Gasteiger partial charge is 0.283 e. The van der Waals surface area contributed by atoms with Gasteiger partial charge in [-0.05, 0) is 19.4 Å². The molecule has 1 rings (SSSR count). The van der Waals surface area contributed by atoms with Crippen LogP contribution in [0.3, 0.4) is 0 Å². The maximum atomic E-state index is 11.9.